The number of nitrogens with zero attached hydrogens (tertiary/aromatic N) is 1. The first kappa shape index (κ1) is 14.3. The van der Waals surface area contributed by atoms with Crippen molar-refractivity contribution in [2.24, 2.45) is 0 Å². The number of phenols is 1. The fraction of sp³-hybridized carbons (Fsp3) is 0.385. The first-order chi connectivity index (χ1) is 9.56. The van der Waals surface area contributed by atoms with E-state index in [-0.39, 0.29) is 23.8 Å². The van der Waals surface area contributed by atoms with E-state index in [1.165, 1.54) is 18.2 Å². The molecule has 0 saturated carbocycles. The van der Waals surface area contributed by atoms with E-state index in [1.807, 2.05) is 4.90 Å². The van der Waals surface area contributed by atoms with E-state index in [1.54, 1.807) is 0 Å². The molecule has 7 nitrogen and oxygen atoms in total. The highest BCUT2D eigenvalue weighted by atomic mass is 16.4. The van der Waals surface area contributed by atoms with E-state index >= 15 is 0 Å². The third-order valence-electron chi connectivity index (χ3n) is 3.09. The molecule has 1 heterocycles. The van der Waals surface area contributed by atoms with Gasteiger partial charge in [-0.25, -0.2) is 4.79 Å². The lowest BCUT2D eigenvalue weighted by Gasteiger charge is -2.26. The maximum atomic E-state index is 11.8. The van der Waals surface area contributed by atoms with E-state index in [0.29, 0.717) is 5.69 Å². The number of amides is 1. The lowest BCUT2D eigenvalue weighted by atomic mass is 10.2. The summed E-state index contributed by atoms with van der Waals surface area (Å²) in [5.41, 5.74) is 0.192. The topological polar surface area (TPSA) is 102 Å². The van der Waals surface area contributed by atoms with Gasteiger partial charge in [-0.1, -0.05) is 0 Å². The molecule has 1 amide bonds. The molecule has 1 aliphatic rings. The zero-order chi connectivity index (χ0) is 14.5. The average molecular weight is 279 g/mol. The smallest absolute Gasteiger partial charge is 0.339 e. The standard InChI is InChI=1S/C13H17N3O4/c17-11-7-9(1-2-10(11)13(19)20)15-12(18)8-16-5-3-14-4-6-16/h1-2,7,14,17H,3-6,8H2,(H,15,18)(H,19,20). The number of carbonyl (C=O) groups excluding carboxylic acids is 1. The van der Waals surface area contributed by atoms with Crippen LogP contribution in [-0.4, -0.2) is 59.7 Å². The second kappa shape index (κ2) is 6.36. The summed E-state index contributed by atoms with van der Waals surface area (Å²) in [6, 6.07) is 3.95. The Morgan fingerprint density at radius 2 is 2.00 bits per heavy atom. The maximum Gasteiger partial charge on any atom is 0.339 e. The average Bonchev–Trinajstić information content (AvgIpc) is 2.39. The number of rotatable bonds is 4. The van der Waals surface area contributed by atoms with Gasteiger partial charge in [0, 0.05) is 37.9 Å². The Kier molecular flexibility index (Phi) is 4.54. The van der Waals surface area contributed by atoms with Crippen LogP contribution in [0.2, 0.25) is 0 Å². The van der Waals surface area contributed by atoms with E-state index < -0.39 is 5.97 Å². The van der Waals surface area contributed by atoms with Gasteiger partial charge in [-0.2, -0.15) is 0 Å². The van der Waals surface area contributed by atoms with Crippen LogP contribution in [0.4, 0.5) is 5.69 Å². The van der Waals surface area contributed by atoms with Crippen molar-refractivity contribution in [3.8, 4) is 5.75 Å². The summed E-state index contributed by atoms with van der Waals surface area (Å²) in [6.45, 7) is 3.64. The van der Waals surface area contributed by atoms with Crippen molar-refractivity contribution in [1.29, 1.82) is 0 Å². The third-order valence-corrected chi connectivity index (χ3v) is 3.09. The zero-order valence-electron chi connectivity index (χ0n) is 10.9. The second-order valence-electron chi connectivity index (χ2n) is 4.61. The normalized spacial score (nSPS) is 15.8. The molecule has 1 saturated heterocycles. The second-order valence-corrected chi connectivity index (χ2v) is 4.61. The van der Waals surface area contributed by atoms with Gasteiger partial charge in [0.25, 0.3) is 0 Å². The number of aromatic carboxylic acids is 1. The number of hydrogen-bond acceptors (Lipinski definition) is 5. The number of hydrogen-bond donors (Lipinski definition) is 4. The fourth-order valence-corrected chi connectivity index (χ4v) is 2.06. The molecular formula is C13H17N3O4. The van der Waals surface area contributed by atoms with Crippen molar-refractivity contribution in [2.75, 3.05) is 38.0 Å². The van der Waals surface area contributed by atoms with Gasteiger partial charge >= 0.3 is 5.97 Å². The molecule has 0 radical (unpaired) electrons. The number of carboxylic acids is 1. The summed E-state index contributed by atoms with van der Waals surface area (Å²) in [7, 11) is 0. The molecule has 0 aromatic heterocycles. The van der Waals surface area contributed by atoms with Gasteiger partial charge in [-0.3, -0.25) is 9.69 Å². The molecule has 2 rings (SSSR count). The molecule has 0 spiro atoms. The molecule has 1 aromatic carbocycles. The third kappa shape index (κ3) is 3.69. The monoisotopic (exact) mass is 279 g/mol. The summed E-state index contributed by atoms with van der Waals surface area (Å²) >= 11 is 0. The van der Waals surface area contributed by atoms with Crippen molar-refractivity contribution < 1.29 is 19.8 Å². The van der Waals surface area contributed by atoms with Crippen LogP contribution in [0.15, 0.2) is 18.2 Å². The van der Waals surface area contributed by atoms with Gasteiger partial charge in [-0.05, 0) is 12.1 Å². The molecule has 0 atom stereocenters. The SMILES string of the molecule is O=C(CN1CCNCC1)Nc1ccc(C(=O)O)c(O)c1. The number of benzene rings is 1. The molecule has 0 bridgehead atoms. The minimum absolute atomic E-state index is 0.186. The van der Waals surface area contributed by atoms with Gasteiger partial charge in [0.15, 0.2) is 0 Å². The van der Waals surface area contributed by atoms with E-state index in [9.17, 15) is 14.7 Å². The van der Waals surface area contributed by atoms with Crippen LogP contribution in [0.3, 0.4) is 0 Å². The fourth-order valence-electron chi connectivity index (χ4n) is 2.06. The van der Waals surface area contributed by atoms with Crippen molar-refractivity contribution in [1.82, 2.24) is 10.2 Å². The number of aromatic hydroxyl groups is 1. The Morgan fingerprint density at radius 3 is 2.60 bits per heavy atom. The Hall–Kier alpha value is -2.12. The summed E-state index contributed by atoms with van der Waals surface area (Å²) in [4.78, 5) is 24.6. The van der Waals surface area contributed by atoms with Gasteiger partial charge < -0.3 is 20.8 Å². The quantitative estimate of drug-likeness (QED) is 0.615. The highest BCUT2D eigenvalue weighted by molar-refractivity contribution is 5.95. The number of carbonyl (C=O) groups is 2. The summed E-state index contributed by atoms with van der Waals surface area (Å²) in [6.07, 6.45) is 0. The van der Waals surface area contributed by atoms with Crippen molar-refractivity contribution >= 4 is 17.6 Å². The lowest BCUT2D eigenvalue weighted by molar-refractivity contribution is -0.117. The number of carboxylic acid groups (broad SMARTS) is 1. The molecular weight excluding hydrogens is 262 g/mol. The number of nitrogens with one attached hydrogen (secondary N) is 2. The van der Waals surface area contributed by atoms with Gasteiger partial charge in [0.2, 0.25) is 5.91 Å². The van der Waals surface area contributed by atoms with Crippen molar-refractivity contribution in [3.63, 3.8) is 0 Å². The largest absolute Gasteiger partial charge is 0.507 e. The Bertz CT molecular complexity index is 512. The highest BCUT2D eigenvalue weighted by Crippen LogP contribution is 2.21. The first-order valence-corrected chi connectivity index (χ1v) is 6.35. The summed E-state index contributed by atoms with van der Waals surface area (Å²) < 4.78 is 0. The van der Waals surface area contributed by atoms with Crippen LogP contribution in [0, 0.1) is 0 Å². The lowest BCUT2D eigenvalue weighted by Crippen LogP contribution is -2.46. The minimum atomic E-state index is -1.21. The van der Waals surface area contributed by atoms with Gasteiger partial charge in [-0.15, -0.1) is 0 Å². The predicted octanol–water partition coefficient (Wildman–Crippen LogP) is -0.0659. The molecule has 1 aliphatic heterocycles. The molecule has 4 N–H and O–H groups in total. The van der Waals surface area contributed by atoms with Crippen LogP contribution in [-0.2, 0) is 4.79 Å². The molecule has 20 heavy (non-hydrogen) atoms. The van der Waals surface area contributed by atoms with Gasteiger partial charge in [0.1, 0.15) is 11.3 Å². The summed E-state index contributed by atoms with van der Waals surface area (Å²) in [5.74, 6) is -1.76. The van der Waals surface area contributed by atoms with Crippen LogP contribution in [0.5, 0.6) is 5.75 Å². The number of anilines is 1. The first-order valence-electron chi connectivity index (χ1n) is 6.35. The predicted molar refractivity (Wildman–Crippen MR) is 73.0 cm³/mol. The highest BCUT2D eigenvalue weighted by Gasteiger charge is 2.15. The van der Waals surface area contributed by atoms with E-state index in [0.717, 1.165) is 26.2 Å². The van der Waals surface area contributed by atoms with E-state index in [4.69, 9.17) is 5.11 Å². The molecule has 7 heteroatoms. The van der Waals surface area contributed by atoms with Crippen LogP contribution < -0.4 is 10.6 Å². The zero-order valence-corrected chi connectivity index (χ0v) is 10.9. The molecule has 1 fully saturated rings. The maximum absolute atomic E-state index is 11.8. The Labute approximate surface area is 116 Å². The molecule has 0 unspecified atom stereocenters. The van der Waals surface area contributed by atoms with Gasteiger partial charge in [0.05, 0.1) is 6.54 Å². The molecule has 108 valence electrons. The van der Waals surface area contributed by atoms with Crippen molar-refractivity contribution in [3.05, 3.63) is 23.8 Å². The van der Waals surface area contributed by atoms with E-state index in [2.05, 4.69) is 10.6 Å². The van der Waals surface area contributed by atoms with Crippen LogP contribution >= 0.6 is 0 Å². The van der Waals surface area contributed by atoms with Crippen LogP contribution in [0.25, 0.3) is 0 Å². The van der Waals surface area contributed by atoms with Crippen LogP contribution in [0.1, 0.15) is 10.4 Å². The summed E-state index contributed by atoms with van der Waals surface area (Å²) in [5, 5.41) is 24.2. The number of piperazine rings is 1. The minimum Gasteiger partial charge on any atom is -0.507 e. The molecule has 0 aliphatic carbocycles. The Balaban J connectivity index is 1.93. The molecule has 1 aromatic rings. The Morgan fingerprint density at radius 1 is 1.30 bits per heavy atom. The van der Waals surface area contributed by atoms with Crippen molar-refractivity contribution in [2.45, 2.75) is 0 Å².